The maximum Gasteiger partial charge on any atom is 0.276 e. The zero-order valence-corrected chi connectivity index (χ0v) is 18.7. The van der Waals surface area contributed by atoms with Gasteiger partial charge in [-0.25, -0.2) is 0 Å². The number of aromatic nitrogens is 4. The normalized spacial score (nSPS) is 15.1. The Balaban J connectivity index is 1.55. The van der Waals surface area contributed by atoms with Gasteiger partial charge >= 0.3 is 0 Å². The van der Waals surface area contributed by atoms with Crippen molar-refractivity contribution in [3.05, 3.63) is 70.4 Å². The number of amides is 1. The van der Waals surface area contributed by atoms with E-state index in [2.05, 4.69) is 15.5 Å². The zero-order valence-electron chi connectivity index (χ0n) is 17.1. The van der Waals surface area contributed by atoms with Crippen molar-refractivity contribution in [3.63, 3.8) is 0 Å². The summed E-state index contributed by atoms with van der Waals surface area (Å²) in [7, 11) is 1.62. The summed E-state index contributed by atoms with van der Waals surface area (Å²) in [6, 6.07) is 5.70. The number of ether oxygens (including phenoxy) is 1. The third-order valence-corrected chi connectivity index (χ3v) is 5.38. The van der Waals surface area contributed by atoms with E-state index in [1.807, 2.05) is 36.0 Å². The van der Waals surface area contributed by atoms with Crippen molar-refractivity contribution >= 4 is 40.9 Å². The molecule has 0 unspecified atom stereocenters. The smallest absolute Gasteiger partial charge is 0.276 e. The van der Waals surface area contributed by atoms with Crippen LogP contribution in [0.25, 0.3) is 6.08 Å². The Kier molecular flexibility index (Phi) is 6.06. The summed E-state index contributed by atoms with van der Waals surface area (Å²) >= 11 is 11.3. The standard InChI is InChI=1S/C21H21ClN6O2S/c1-3-26-10-15(8-23-26)11-28-20(29)18(25-21(28)31)7-14-4-5-19(30-2)16(6-14)12-27-13-17(22)9-24-27/h4-10,13H,3,11-12H2,1-2H3,(H,25,31)/b18-7+. The van der Waals surface area contributed by atoms with E-state index in [0.29, 0.717) is 28.9 Å². The predicted molar refractivity (Wildman–Crippen MR) is 121 cm³/mol. The van der Waals surface area contributed by atoms with Gasteiger partial charge < -0.3 is 10.1 Å². The van der Waals surface area contributed by atoms with Gasteiger partial charge in [0.15, 0.2) is 5.11 Å². The Morgan fingerprint density at radius 3 is 2.68 bits per heavy atom. The number of aryl methyl sites for hydroxylation is 1. The molecule has 1 aromatic carbocycles. The fourth-order valence-electron chi connectivity index (χ4n) is 3.34. The second-order valence-corrected chi connectivity index (χ2v) is 7.83. The monoisotopic (exact) mass is 456 g/mol. The van der Waals surface area contributed by atoms with E-state index < -0.39 is 0 Å². The average molecular weight is 457 g/mol. The van der Waals surface area contributed by atoms with Gasteiger partial charge in [-0.2, -0.15) is 10.2 Å². The molecule has 2 aromatic heterocycles. The highest BCUT2D eigenvalue weighted by atomic mass is 35.5. The molecule has 0 radical (unpaired) electrons. The van der Waals surface area contributed by atoms with E-state index >= 15 is 0 Å². The molecule has 0 spiro atoms. The fraction of sp³-hybridized carbons (Fsp3) is 0.238. The number of carbonyl (C=O) groups excluding carboxylic acids is 1. The van der Waals surface area contributed by atoms with Gasteiger partial charge in [0.2, 0.25) is 0 Å². The number of hydrogen-bond donors (Lipinski definition) is 1. The van der Waals surface area contributed by atoms with Crippen LogP contribution in [0.3, 0.4) is 0 Å². The Bertz CT molecular complexity index is 1170. The molecule has 1 saturated heterocycles. The number of rotatable bonds is 7. The van der Waals surface area contributed by atoms with Crippen molar-refractivity contribution < 1.29 is 9.53 Å². The van der Waals surface area contributed by atoms with Gasteiger partial charge in [-0.3, -0.25) is 19.1 Å². The molecule has 160 valence electrons. The first kappa shape index (κ1) is 21.1. The Morgan fingerprint density at radius 2 is 2.00 bits per heavy atom. The second-order valence-electron chi connectivity index (χ2n) is 7.01. The molecule has 0 aliphatic carbocycles. The molecular weight excluding hydrogens is 436 g/mol. The van der Waals surface area contributed by atoms with Gasteiger partial charge in [0, 0.05) is 30.1 Å². The number of methoxy groups -OCH3 is 1. The lowest BCUT2D eigenvalue weighted by molar-refractivity contribution is -0.122. The van der Waals surface area contributed by atoms with Crippen molar-refractivity contribution in [1.82, 2.24) is 29.8 Å². The van der Waals surface area contributed by atoms with Crippen LogP contribution >= 0.6 is 23.8 Å². The minimum atomic E-state index is -0.175. The zero-order chi connectivity index (χ0) is 22.0. The van der Waals surface area contributed by atoms with Crippen molar-refractivity contribution in [3.8, 4) is 5.75 Å². The largest absolute Gasteiger partial charge is 0.496 e. The summed E-state index contributed by atoms with van der Waals surface area (Å²) in [4.78, 5) is 14.5. The molecule has 10 heteroatoms. The van der Waals surface area contributed by atoms with Crippen LogP contribution in [0.4, 0.5) is 0 Å². The number of halogens is 1. The molecule has 3 heterocycles. The van der Waals surface area contributed by atoms with E-state index in [1.165, 1.54) is 4.90 Å². The Labute approximate surface area is 190 Å². The van der Waals surface area contributed by atoms with Crippen LogP contribution in [0.15, 0.2) is 48.7 Å². The molecule has 1 N–H and O–H groups in total. The molecule has 0 atom stereocenters. The van der Waals surface area contributed by atoms with Gasteiger partial charge in [0.05, 0.1) is 37.6 Å². The summed E-state index contributed by atoms with van der Waals surface area (Å²) < 4.78 is 9.01. The number of hydrogen-bond acceptors (Lipinski definition) is 5. The second kappa shape index (κ2) is 8.91. The third kappa shape index (κ3) is 4.62. The van der Waals surface area contributed by atoms with E-state index in [0.717, 1.165) is 29.0 Å². The van der Waals surface area contributed by atoms with Crippen molar-refractivity contribution in [2.75, 3.05) is 7.11 Å². The molecule has 31 heavy (non-hydrogen) atoms. The highest BCUT2D eigenvalue weighted by molar-refractivity contribution is 7.80. The summed E-state index contributed by atoms with van der Waals surface area (Å²) in [5.41, 5.74) is 3.10. The lowest BCUT2D eigenvalue weighted by Gasteiger charge is -2.12. The van der Waals surface area contributed by atoms with Crippen LogP contribution in [0.2, 0.25) is 5.02 Å². The average Bonchev–Trinajstić information content (AvgIpc) is 3.45. The van der Waals surface area contributed by atoms with Gasteiger partial charge in [-0.1, -0.05) is 17.7 Å². The molecule has 3 aromatic rings. The lowest BCUT2D eigenvalue weighted by atomic mass is 10.1. The fourth-order valence-corrected chi connectivity index (χ4v) is 3.75. The Morgan fingerprint density at radius 1 is 1.19 bits per heavy atom. The molecular formula is C21H21ClN6O2S. The van der Waals surface area contributed by atoms with Gasteiger partial charge in [0.25, 0.3) is 5.91 Å². The maximum atomic E-state index is 12.9. The molecule has 1 amide bonds. The van der Waals surface area contributed by atoms with E-state index in [1.54, 1.807) is 36.5 Å². The van der Waals surface area contributed by atoms with Crippen LogP contribution in [-0.2, 0) is 24.4 Å². The van der Waals surface area contributed by atoms with E-state index in [-0.39, 0.29) is 5.91 Å². The highest BCUT2D eigenvalue weighted by Gasteiger charge is 2.30. The van der Waals surface area contributed by atoms with Crippen molar-refractivity contribution in [2.45, 2.75) is 26.6 Å². The summed E-state index contributed by atoms with van der Waals surface area (Å²) in [6.07, 6.45) is 8.77. The molecule has 8 nitrogen and oxygen atoms in total. The number of nitrogens with one attached hydrogen (secondary N) is 1. The number of nitrogens with zero attached hydrogens (tertiary/aromatic N) is 5. The van der Waals surface area contributed by atoms with E-state index in [4.69, 9.17) is 28.6 Å². The molecule has 1 aliphatic rings. The molecule has 4 rings (SSSR count). The lowest BCUT2D eigenvalue weighted by Crippen LogP contribution is -2.29. The first-order valence-corrected chi connectivity index (χ1v) is 10.5. The van der Waals surface area contributed by atoms with Crippen molar-refractivity contribution in [2.24, 2.45) is 0 Å². The number of benzene rings is 1. The minimum Gasteiger partial charge on any atom is -0.496 e. The SMILES string of the molecule is CCn1cc(CN2C(=O)/C(=C\c3ccc(OC)c(Cn4cc(Cl)cn4)c3)NC2=S)cn1. The summed E-state index contributed by atoms with van der Waals surface area (Å²) in [6.45, 7) is 3.64. The third-order valence-electron chi connectivity index (χ3n) is 4.86. The van der Waals surface area contributed by atoms with Gasteiger partial charge in [-0.05, 0) is 42.9 Å². The quantitative estimate of drug-likeness (QED) is 0.435. The minimum absolute atomic E-state index is 0.175. The first-order valence-electron chi connectivity index (χ1n) is 9.67. The number of carbonyl (C=O) groups is 1. The van der Waals surface area contributed by atoms with Crippen LogP contribution in [0.5, 0.6) is 5.75 Å². The molecule has 1 fully saturated rings. The Hall–Kier alpha value is -3.17. The highest BCUT2D eigenvalue weighted by Crippen LogP contribution is 2.24. The summed E-state index contributed by atoms with van der Waals surface area (Å²) in [5, 5.41) is 12.4. The van der Waals surface area contributed by atoms with Gasteiger partial charge in [0.1, 0.15) is 11.4 Å². The van der Waals surface area contributed by atoms with Crippen LogP contribution in [-0.4, -0.2) is 42.6 Å². The van der Waals surface area contributed by atoms with Crippen LogP contribution in [0.1, 0.15) is 23.6 Å². The first-order chi connectivity index (χ1) is 15.0. The molecule has 0 saturated carbocycles. The van der Waals surface area contributed by atoms with Crippen molar-refractivity contribution in [1.29, 1.82) is 0 Å². The van der Waals surface area contributed by atoms with Crippen LogP contribution in [0, 0.1) is 0 Å². The van der Waals surface area contributed by atoms with Crippen LogP contribution < -0.4 is 10.1 Å². The number of thiocarbonyl (C=S) groups is 1. The summed E-state index contributed by atoms with van der Waals surface area (Å²) in [5.74, 6) is 0.551. The maximum absolute atomic E-state index is 12.9. The molecule has 1 aliphatic heterocycles. The van der Waals surface area contributed by atoms with Gasteiger partial charge in [-0.15, -0.1) is 0 Å². The molecule has 0 bridgehead atoms. The topological polar surface area (TPSA) is 77.2 Å². The predicted octanol–water partition coefficient (Wildman–Crippen LogP) is 3.07. The van der Waals surface area contributed by atoms with E-state index in [9.17, 15) is 4.79 Å².